The van der Waals surface area contributed by atoms with Crippen molar-refractivity contribution in [2.45, 2.75) is 32.1 Å². The van der Waals surface area contributed by atoms with Gasteiger partial charge in [-0.15, -0.1) is 0 Å². The molecule has 0 spiro atoms. The smallest absolute Gasteiger partial charge is 0.230 e. The molecule has 3 rings (SSSR count). The minimum Gasteiger partial charge on any atom is -0.361 e. The van der Waals surface area contributed by atoms with Gasteiger partial charge in [0.25, 0.3) is 0 Å². The van der Waals surface area contributed by atoms with Gasteiger partial charge in [0.05, 0.1) is 12.1 Å². The average molecular weight is 288 g/mol. The summed E-state index contributed by atoms with van der Waals surface area (Å²) >= 11 is 0. The van der Waals surface area contributed by atoms with Gasteiger partial charge in [-0.25, -0.2) is 4.98 Å². The largest absolute Gasteiger partial charge is 0.361 e. The van der Waals surface area contributed by atoms with Crippen LogP contribution in [-0.2, 0) is 18.3 Å². The molecule has 6 nitrogen and oxygen atoms in total. The van der Waals surface area contributed by atoms with Crippen molar-refractivity contribution in [3.63, 3.8) is 0 Å². The maximum atomic E-state index is 12.3. The Kier molecular flexibility index (Phi) is 3.77. The van der Waals surface area contributed by atoms with E-state index in [0.29, 0.717) is 18.1 Å². The maximum absolute atomic E-state index is 12.3. The van der Waals surface area contributed by atoms with Crippen LogP contribution in [0.5, 0.6) is 0 Å². The monoisotopic (exact) mass is 288 g/mol. The summed E-state index contributed by atoms with van der Waals surface area (Å²) in [4.78, 5) is 18.6. The number of carbonyl (C=O) groups excluding carboxylic acids is 1. The van der Waals surface area contributed by atoms with E-state index in [1.54, 1.807) is 0 Å². The van der Waals surface area contributed by atoms with Gasteiger partial charge in [-0.3, -0.25) is 4.79 Å². The van der Waals surface area contributed by atoms with Crippen LogP contribution < -0.4 is 0 Å². The van der Waals surface area contributed by atoms with Crippen LogP contribution in [0.2, 0.25) is 0 Å². The minimum atomic E-state index is 0.115. The SMILES string of the molecule is Cc1cc(CC(=O)N2CCC(c3nccn3C)CC2)on1. The Morgan fingerprint density at radius 3 is 2.76 bits per heavy atom. The van der Waals surface area contributed by atoms with Crippen LogP contribution in [-0.4, -0.2) is 38.6 Å². The lowest BCUT2D eigenvalue weighted by atomic mass is 9.95. The fourth-order valence-electron chi connectivity index (χ4n) is 2.92. The molecule has 112 valence electrons. The average Bonchev–Trinajstić information content (AvgIpc) is 3.08. The molecule has 0 saturated carbocycles. The molecule has 0 N–H and O–H groups in total. The van der Waals surface area contributed by atoms with E-state index >= 15 is 0 Å². The zero-order valence-electron chi connectivity index (χ0n) is 12.5. The second-order valence-corrected chi connectivity index (χ2v) is 5.66. The van der Waals surface area contributed by atoms with Gasteiger partial charge in [0.2, 0.25) is 5.91 Å². The number of aromatic nitrogens is 3. The zero-order valence-corrected chi connectivity index (χ0v) is 12.5. The number of hydrogen-bond donors (Lipinski definition) is 0. The van der Waals surface area contributed by atoms with Crippen LogP contribution in [0.25, 0.3) is 0 Å². The van der Waals surface area contributed by atoms with Crippen molar-refractivity contribution in [2.24, 2.45) is 7.05 Å². The molecule has 21 heavy (non-hydrogen) atoms. The molecule has 1 aliphatic heterocycles. The minimum absolute atomic E-state index is 0.115. The van der Waals surface area contributed by atoms with Gasteiger partial charge < -0.3 is 14.0 Å². The molecule has 1 saturated heterocycles. The van der Waals surface area contributed by atoms with Gasteiger partial charge in [0, 0.05) is 44.5 Å². The molecule has 2 aromatic heterocycles. The van der Waals surface area contributed by atoms with E-state index in [0.717, 1.165) is 37.4 Å². The van der Waals surface area contributed by atoms with Gasteiger partial charge in [-0.1, -0.05) is 5.16 Å². The molecule has 6 heteroatoms. The highest BCUT2D eigenvalue weighted by Crippen LogP contribution is 2.26. The topological polar surface area (TPSA) is 64.2 Å². The summed E-state index contributed by atoms with van der Waals surface area (Å²) in [5.41, 5.74) is 0.811. The van der Waals surface area contributed by atoms with Gasteiger partial charge in [-0.2, -0.15) is 0 Å². The molecular formula is C15H20N4O2. The summed E-state index contributed by atoms with van der Waals surface area (Å²) in [6.45, 7) is 3.42. The fraction of sp³-hybridized carbons (Fsp3) is 0.533. The Balaban J connectivity index is 1.56. The summed E-state index contributed by atoms with van der Waals surface area (Å²) in [5.74, 6) is 2.32. The summed E-state index contributed by atoms with van der Waals surface area (Å²) in [7, 11) is 2.02. The third kappa shape index (κ3) is 2.99. The number of nitrogens with zero attached hydrogens (tertiary/aromatic N) is 4. The molecule has 0 aromatic carbocycles. The molecule has 0 bridgehead atoms. The third-order valence-electron chi connectivity index (χ3n) is 4.07. The normalized spacial score (nSPS) is 16.4. The number of carbonyl (C=O) groups is 1. The number of aryl methyl sites for hydroxylation is 2. The van der Waals surface area contributed by atoms with E-state index in [2.05, 4.69) is 14.7 Å². The molecule has 3 heterocycles. The van der Waals surface area contributed by atoms with Gasteiger partial charge in [0.1, 0.15) is 11.6 Å². The number of piperidine rings is 1. The first kappa shape index (κ1) is 13.9. The van der Waals surface area contributed by atoms with Crippen molar-refractivity contribution in [3.05, 3.63) is 35.7 Å². The molecule has 0 aliphatic carbocycles. The van der Waals surface area contributed by atoms with E-state index in [1.807, 2.05) is 37.3 Å². The van der Waals surface area contributed by atoms with Crippen molar-refractivity contribution in [1.29, 1.82) is 0 Å². The van der Waals surface area contributed by atoms with Crippen LogP contribution in [0.1, 0.15) is 36.0 Å². The van der Waals surface area contributed by atoms with Crippen molar-refractivity contribution < 1.29 is 9.32 Å². The molecule has 1 aliphatic rings. The quantitative estimate of drug-likeness (QED) is 0.861. The molecule has 2 aromatic rings. The molecule has 0 unspecified atom stereocenters. The summed E-state index contributed by atoms with van der Waals surface area (Å²) < 4.78 is 7.18. The predicted molar refractivity (Wildman–Crippen MR) is 76.7 cm³/mol. The highest BCUT2D eigenvalue weighted by Gasteiger charge is 2.26. The van der Waals surface area contributed by atoms with Crippen LogP contribution >= 0.6 is 0 Å². The second kappa shape index (κ2) is 5.71. The van der Waals surface area contributed by atoms with Crippen LogP contribution in [0.15, 0.2) is 23.0 Å². The number of rotatable bonds is 3. The van der Waals surface area contributed by atoms with E-state index in [-0.39, 0.29) is 5.91 Å². The highest BCUT2D eigenvalue weighted by molar-refractivity contribution is 5.78. The summed E-state index contributed by atoms with van der Waals surface area (Å²) in [6.07, 6.45) is 6.03. The lowest BCUT2D eigenvalue weighted by molar-refractivity contribution is -0.131. The molecule has 0 radical (unpaired) electrons. The second-order valence-electron chi connectivity index (χ2n) is 5.66. The molecule has 1 amide bonds. The first-order valence-electron chi connectivity index (χ1n) is 7.30. The fourth-order valence-corrected chi connectivity index (χ4v) is 2.92. The Morgan fingerprint density at radius 1 is 1.43 bits per heavy atom. The van der Waals surface area contributed by atoms with Crippen molar-refractivity contribution in [1.82, 2.24) is 19.6 Å². The lowest BCUT2D eigenvalue weighted by Crippen LogP contribution is -2.39. The van der Waals surface area contributed by atoms with E-state index in [9.17, 15) is 4.79 Å². The molecular weight excluding hydrogens is 268 g/mol. The van der Waals surface area contributed by atoms with Crippen LogP contribution in [0.4, 0.5) is 0 Å². The predicted octanol–water partition coefficient (Wildman–Crippen LogP) is 1.67. The highest BCUT2D eigenvalue weighted by atomic mass is 16.5. The zero-order chi connectivity index (χ0) is 14.8. The van der Waals surface area contributed by atoms with Crippen molar-refractivity contribution in [3.8, 4) is 0 Å². The number of hydrogen-bond acceptors (Lipinski definition) is 4. The molecule has 0 atom stereocenters. The maximum Gasteiger partial charge on any atom is 0.230 e. The lowest BCUT2D eigenvalue weighted by Gasteiger charge is -2.31. The van der Waals surface area contributed by atoms with Gasteiger partial charge in [-0.05, 0) is 19.8 Å². The summed E-state index contributed by atoms with van der Waals surface area (Å²) in [5, 5.41) is 3.81. The number of amides is 1. The summed E-state index contributed by atoms with van der Waals surface area (Å²) in [6, 6.07) is 1.82. The Bertz CT molecular complexity index is 623. The van der Waals surface area contributed by atoms with E-state index in [1.165, 1.54) is 0 Å². The third-order valence-corrected chi connectivity index (χ3v) is 4.07. The Labute approximate surface area is 123 Å². The first-order valence-corrected chi connectivity index (χ1v) is 7.30. The Morgan fingerprint density at radius 2 is 2.19 bits per heavy atom. The van der Waals surface area contributed by atoms with Gasteiger partial charge in [0.15, 0.2) is 0 Å². The van der Waals surface area contributed by atoms with Crippen molar-refractivity contribution in [2.75, 3.05) is 13.1 Å². The standard InChI is InChI=1S/C15H20N4O2/c1-11-9-13(21-17-11)10-14(20)19-6-3-12(4-7-19)15-16-5-8-18(15)2/h5,8-9,12H,3-4,6-7,10H2,1-2H3. The number of likely N-dealkylation sites (tertiary alicyclic amines) is 1. The van der Waals surface area contributed by atoms with E-state index in [4.69, 9.17) is 4.52 Å². The van der Waals surface area contributed by atoms with Gasteiger partial charge >= 0.3 is 0 Å². The van der Waals surface area contributed by atoms with E-state index < -0.39 is 0 Å². The van der Waals surface area contributed by atoms with Crippen LogP contribution in [0, 0.1) is 6.92 Å². The van der Waals surface area contributed by atoms with Crippen LogP contribution in [0.3, 0.4) is 0 Å². The number of imidazole rings is 1. The molecule has 1 fully saturated rings. The first-order chi connectivity index (χ1) is 10.1. The Hall–Kier alpha value is -2.11. The van der Waals surface area contributed by atoms with Crippen molar-refractivity contribution >= 4 is 5.91 Å².